The molecule has 7 heteroatoms. The standard InChI is InChI=1S/C16H22ClN3O3/c1-3-18-14-9-13(17)12(8-15(14)20(22)23)16(21)19-11-6-4-10(2)5-7-11/h8-11,18H,3-7H2,1-2H3,(H,19,21)/t10-,11-. The average Bonchev–Trinajstić information content (AvgIpc) is 2.49. The number of anilines is 1. The molecule has 0 bridgehead atoms. The molecule has 126 valence electrons. The predicted octanol–water partition coefficient (Wildman–Crippen LogP) is 3.99. The van der Waals surface area contributed by atoms with Crippen molar-refractivity contribution >= 4 is 28.9 Å². The molecule has 0 aliphatic heterocycles. The van der Waals surface area contributed by atoms with Crippen molar-refractivity contribution in [2.75, 3.05) is 11.9 Å². The van der Waals surface area contributed by atoms with Crippen molar-refractivity contribution in [2.24, 2.45) is 5.92 Å². The van der Waals surface area contributed by atoms with Crippen LogP contribution in [0.3, 0.4) is 0 Å². The van der Waals surface area contributed by atoms with Gasteiger partial charge in [0.2, 0.25) is 0 Å². The topological polar surface area (TPSA) is 84.3 Å². The molecule has 0 radical (unpaired) electrons. The summed E-state index contributed by atoms with van der Waals surface area (Å²) in [6, 6.07) is 2.81. The van der Waals surface area contributed by atoms with E-state index in [9.17, 15) is 14.9 Å². The molecule has 1 aliphatic carbocycles. The lowest BCUT2D eigenvalue weighted by molar-refractivity contribution is -0.384. The minimum atomic E-state index is -0.507. The molecular weight excluding hydrogens is 318 g/mol. The summed E-state index contributed by atoms with van der Waals surface area (Å²) in [7, 11) is 0. The lowest BCUT2D eigenvalue weighted by atomic mass is 9.87. The van der Waals surface area contributed by atoms with Crippen LogP contribution in [0, 0.1) is 16.0 Å². The number of nitro benzene ring substituents is 1. The second-order valence-corrected chi connectivity index (χ2v) is 6.47. The predicted molar refractivity (Wildman–Crippen MR) is 91.2 cm³/mol. The summed E-state index contributed by atoms with van der Waals surface area (Å²) in [5, 5.41) is 17.3. The van der Waals surface area contributed by atoms with Crippen LogP contribution in [0.4, 0.5) is 11.4 Å². The number of amides is 1. The zero-order valence-corrected chi connectivity index (χ0v) is 14.2. The van der Waals surface area contributed by atoms with Gasteiger partial charge in [-0.05, 0) is 44.6 Å². The van der Waals surface area contributed by atoms with Gasteiger partial charge in [-0.2, -0.15) is 0 Å². The van der Waals surface area contributed by atoms with E-state index in [1.54, 1.807) is 0 Å². The van der Waals surface area contributed by atoms with Gasteiger partial charge in [0.15, 0.2) is 0 Å². The van der Waals surface area contributed by atoms with Crippen LogP contribution in [0.1, 0.15) is 49.9 Å². The van der Waals surface area contributed by atoms with E-state index in [1.165, 1.54) is 12.1 Å². The number of hydrogen-bond donors (Lipinski definition) is 2. The summed E-state index contributed by atoms with van der Waals surface area (Å²) < 4.78 is 0. The van der Waals surface area contributed by atoms with Gasteiger partial charge in [0.1, 0.15) is 5.69 Å². The summed E-state index contributed by atoms with van der Waals surface area (Å²) in [5.74, 6) is 0.341. The summed E-state index contributed by atoms with van der Waals surface area (Å²) in [6.45, 7) is 4.57. The number of nitrogens with one attached hydrogen (secondary N) is 2. The smallest absolute Gasteiger partial charge is 0.293 e. The number of carbonyl (C=O) groups is 1. The molecule has 0 unspecified atom stereocenters. The van der Waals surface area contributed by atoms with Crippen molar-refractivity contribution in [3.63, 3.8) is 0 Å². The van der Waals surface area contributed by atoms with E-state index >= 15 is 0 Å². The maximum Gasteiger partial charge on any atom is 0.293 e. The molecule has 6 nitrogen and oxygen atoms in total. The Bertz CT molecular complexity index is 598. The van der Waals surface area contributed by atoms with Crippen molar-refractivity contribution < 1.29 is 9.72 Å². The largest absolute Gasteiger partial charge is 0.380 e. The lowest BCUT2D eigenvalue weighted by Gasteiger charge is -2.27. The van der Waals surface area contributed by atoms with Gasteiger partial charge >= 0.3 is 0 Å². The Kier molecular flexibility index (Phi) is 5.82. The fourth-order valence-electron chi connectivity index (χ4n) is 2.89. The maximum absolute atomic E-state index is 12.4. The van der Waals surface area contributed by atoms with E-state index in [0.29, 0.717) is 18.2 Å². The summed E-state index contributed by atoms with van der Waals surface area (Å²) >= 11 is 6.15. The monoisotopic (exact) mass is 339 g/mol. The molecule has 0 atom stereocenters. The second-order valence-electron chi connectivity index (χ2n) is 6.07. The molecule has 2 N–H and O–H groups in total. The highest BCUT2D eigenvalue weighted by atomic mass is 35.5. The maximum atomic E-state index is 12.4. The van der Waals surface area contributed by atoms with Gasteiger partial charge in [-0.1, -0.05) is 18.5 Å². The zero-order chi connectivity index (χ0) is 17.0. The number of benzene rings is 1. The number of carbonyl (C=O) groups excluding carboxylic acids is 1. The van der Waals surface area contributed by atoms with E-state index < -0.39 is 4.92 Å². The molecule has 1 amide bonds. The van der Waals surface area contributed by atoms with Crippen molar-refractivity contribution in [1.29, 1.82) is 0 Å². The molecule has 2 rings (SSSR count). The van der Waals surface area contributed by atoms with Crippen LogP contribution < -0.4 is 10.6 Å². The first-order chi connectivity index (χ1) is 10.9. The first-order valence-corrected chi connectivity index (χ1v) is 8.32. The van der Waals surface area contributed by atoms with Gasteiger partial charge in [0, 0.05) is 18.7 Å². The lowest BCUT2D eigenvalue weighted by Crippen LogP contribution is -2.37. The third-order valence-corrected chi connectivity index (χ3v) is 4.56. The molecule has 1 aromatic carbocycles. The normalized spacial score (nSPS) is 20.8. The highest BCUT2D eigenvalue weighted by molar-refractivity contribution is 6.34. The van der Waals surface area contributed by atoms with Gasteiger partial charge in [-0.25, -0.2) is 0 Å². The van der Waals surface area contributed by atoms with Crippen molar-refractivity contribution in [3.8, 4) is 0 Å². The van der Waals surface area contributed by atoms with Crippen LogP contribution in [0.5, 0.6) is 0 Å². The number of hydrogen-bond acceptors (Lipinski definition) is 4. The Morgan fingerprint density at radius 3 is 2.57 bits per heavy atom. The summed E-state index contributed by atoms with van der Waals surface area (Å²) in [5.41, 5.74) is 0.336. The molecule has 1 aliphatic rings. The van der Waals surface area contributed by atoms with E-state index in [1.807, 2.05) is 6.92 Å². The molecule has 23 heavy (non-hydrogen) atoms. The van der Waals surface area contributed by atoms with E-state index in [4.69, 9.17) is 11.6 Å². The fraction of sp³-hybridized carbons (Fsp3) is 0.562. The van der Waals surface area contributed by atoms with Crippen LogP contribution in [-0.4, -0.2) is 23.4 Å². The van der Waals surface area contributed by atoms with Gasteiger partial charge in [0.25, 0.3) is 11.6 Å². The first kappa shape index (κ1) is 17.5. The Hall–Kier alpha value is -1.82. The van der Waals surface area contributed by atoms with E-state index in [0.717, 1.165) is 25.7 Å². The number of halogens is 1. The highest BCUT2D eigenvalue weighted by Gasteiger charge is 2.24. The number of rotatable bonds is 5. The Balaban J connectivity index is 2.19. The Morgan fingerprint density at radius 2 is 2.00 bits per heavy atom. The van der Waals surface area contributed by atoms with E-state index in [2.05, 4.69) is 17.6 Å². The molecule has 1 saturated carbocycles. The Morgan fingerprint density at radius 1 is 1.35 bits per heavy atom. The molecular formula is C16H22ClN3O3. The van der Waals surface area contributed by atoms with Crippen molar-refractivity contribution in [1.82, 2.24) is 5.32 Å². The Labute approximate surface area is 140 Å². The first-order valence-electron chi connectivity index (χ1n) is 7.95. The van der Waals surface area contributed by atoms with Crippen molar-refractivity contribution in [2.45, 2.75) is 45.6 Å². The van der Waals surface area contributed by atoms with Gasteiger partial charge < -0.3 is 10.6 Å². The second kappa shape index (κ2) is 7.64. The quantitative estimate of drug-likeness (QED) is 0.627. The molecule has 0 saturated heterocycles. The third-order valence-electron chi connectivity index (χ3n) is 4.24. The molecule has 0 spiro atoms. The van der Waals surface area contributed by atoms with Gasteiger partial charge in [-0.3, -0.25) is 14.9 Å². The van der Waals surface area contributed by atoms with Crippen LogP contribution in [0.25, 0.3) is 0 Å². The summed E-state index contributed by atoms with van der Waals surface area (Å²) in [4.78, 5) is 23.1. The van der Waals surface area contributed by atoms with Crippen LogP contribution in [0.2, 0.25) is 5.02 Å². The summed E-state index contributed by atoms with van der Waals surface area (Å²) in [6.07, 6.45) is 4.03. The van der Waals surface area contributed by atoms with Crippen LogP contribution in [0.15, 0.2) is 12.1 Å². The van der Waals surface area contributed by atoms with Crippen LogP contribution >= 0.6 is 11.6 Å². The van der Waals surface area contributed by atoms with Gasteiger partial charge in [-0.15, -0.1) is 0 Å². The number of nitrogens with zero attached hydrogens (tertiary/aromatic N) is 1. The van der Waals surface area contributed by atoms with Crippen molar-refractivity contribution in [3.05, 3.63) is 32.8 Å². The molecule has 1 fully saturated rings. The minimum absolute atomic E-state index is 0.113. The SMILES string of the molecule is CCNc1cc(Cl)c(C(=O)N[C@H]2CC[C@H](C)CC2)cc1[N+](=O)[O-]. The number of nitro groups is 1. The fourth-order valence-corrected chi connectivity index (χ4v) is 3.14. The zero-order valence-electron chi connectivity index (χ0n) is 13.4. The third kappa shape index (κ3) is 4.34. The highest BCUT2D eigenvalue weighted by Crippen LogP contribution is 2.31. The van der Waals surface area contributed by atoms with Gasteiger partial charge in [0.05, 0.1) is 15.5 Å². The van der Waals surface area contributed by atoms with E-state index in [-0.39, 0.29) is 28.2 Å². The molecule has 0 aromatic heterocycles. The minimum Gasteiger partial charge on any atom is -0.380 e. The van der Waals surface area contributed by atoms with Crippen LogP contribution in [-0.2, 0) is 0 Å². The molecule has 0 heterocycles. The molecule has 1 aromatic rings. The average molecular weight is 340 g/mol.